The van der Waals surface area contributed by atoms with Gasteiger partial charge in [0.05, 0.1) is 16.8 Å². The number of nitrogens with one attached hydrogen (secondary N) is 1. The fraction of sp³-hybridized carbons (Fsp3) is 0.167. The van der Waals surface area contributed by atoms with E-state index in [2.05, 4.69) is 10.5 Å². The van der Waals surface area contributed by atoms with Gasteiger partial charge in [0.25, 0.3) is 15.9 Å². The summed E-state index contributed by atoms with van der Waals surface area (Å²) in [4.78, 5) is 12.6. The van der Waals surface area contributed by atoms with Crippen molar-refractivity contribution in [3.8, 4) is 23.0 Å². The van der Waals surface area contributed by atoms with E-state index in [1.165, 1.54) is 36.5 Å². The van der Waals surface area contributed by atoms with Gasteiger partial charge in [-0.2, -0.15) is 5.10 Å². The Morgan fingerprint density at radius 1 is 0.917 bits per heavy atom. The van der Waals surface area contributed by atoms with Gasteiger partial charge < -0.3 is 18.9 Å². The molecule has 3 aromatic rings. The molecule has 2 aliphatic rings. The van der Waals surface area contributed by atoms with Crippen molar-refractivity contribution in [2.75, 3.05) is 30.9 Å². The van der Waals surface area contributed by atoms with Crippen molar-refractivity contribution in [2.45, 2.75) is 4.90 Å². The van der Waals surface area contributed by atoms with E-state index in [4.69, 9.17) is 18.9 Å². The third-order valence-corrected chi connectivity index (χ3v) is 7.07. The van der Waals surface area contributed by atoms with Crippen LogP contribution in [-0.2, 0) is 14.8 Å². The lowest BCUT2D eigenvalue weighted by Gasteiger charge is -2.25. The van der Waals surface area contributed by atoms with Crippen molar-refractivity contribution in [2.24, 2.45) is 5.10 Å². The standard InChI is InChI=1S/C24H20FN3O7S/c25-17-2-4-18(5-3-17)28(36(30,31)19-6-8-20-23(12-19)33-10-9-32-20)14-24(29)27-26-13-16-1-7-21-22(11-16)35-15-34-21/h1-8,11-13H,9-10,14-15H2,(H,27,29)/b26-13-. The molecule has 0 fully saturated rings. The maximum atomic E-state index is 13.5. The maximum absolute atomic E-state index is 13.5. The Bertz CT molecular complexity index is 1430. The van der Waals surface area contributed by atoms with Crippen LogP contribution in [0.2, 0.25) is 0 Å². The van der Waals surface area contributed by atoms with Crippen molar-refractivity contribution in [1.82, 2.24) is 5.43 Å². The van der Waals surface area contributed by atoms with Crippen LogP contribution in [0.25, 0.3) is 0 Å². The number of anilines is 1. The molecule has 0 atom stereocenters. The molecule has 186 valence electrons. The number of hydrazone groups is 1. The van der Waals surface area contributed by atoms with E-state index in [0.717, 1.165) is 16.4 Å². The number of carbonyl (C=O) groups is 1. The highest BCUT2D eigenvalue weighted by Gasteiger charge is 2.29. The first-order valence-corrected chi connectivity index (χ1v) is 12.2. The van der Waals surface area contributed by atoms with Crippen molar-refractivity contribution >= 4 is 27.8 Å². The third-order valence-electron chi connectivity index (χ3n) is 5.30. The predicted octanol–water partition coefficient (Wildman–Crippen LogP) is 2.67. The third kappa shape index (κ3) is 4.89. The van der Waals surface area contributed by atoms with Crippen LogP contribution in [0.1, 0.15) is 5.56 Å². The second kappa shape index (κ2) is 9.74. The van der Waals surface area contributed by atoms with Crippen molar-refractivity contribution in [1.29, 1.82) is 0 Å². The molecule has 0 aromatic heterocycles. The largest absolute Gasteiger partial charge is 0.486 e. The Morgan fingerprint density at radius 3 is 2.39 bits per heavy atom. The first-order valence-electron chi connectivity index (χ1n) is 10.8. The van der Waals surface area contributed by atoms with Gasteiger partial charge in [-0.1, -0.05) is 0 Å². The lowest BCUT2D eigenvalue weighted by molar-refractivity contribution is -0.119. The topological polar surface area (TPSA) is 116 Å². The molecule has 5 rings (SSSR count). The number of ether oxygens (including phenoxy) is 4. The zero-order valence-electron chi connectivity index (χ0n) is 18.7. The summed E-state index contributed by atoms with van der Waals surface area (Å²) in [7, 11) is -4.25. The molecule has 0 radical (unpaired) electrons. The average Bonchev–Trinajstić information content (AvgIpc) is 3.35. The molecule has 3 aromatic carbocycles. The predicted molar refractivity (Wildman–Crippen MR) is 127 cm³/mol. The van der Waals surface area contributed by atoms with Crippen molar-refractivity contribution in [3.05, 3.63) is 72.0 Å². The van der Waals surface area contributed by atoms with Crippen LogP contribution < -0.4 is 28.7 Å². The lowest BCUT2D eigenvalue weighted by Crippen LogP contribution is -2.39. The fourth-order valence-electron chi connectivity index (χ4n) is 3.57. The van der Waals surface area contributed by atoms with Gasteiger partial charge in [0.1, 0.15) is 25.6 Å². The minimum absolute atomic E-state index is 0.0983. The molecular weight excluding hydrogens is 493 g/mol. The molecule has 0 unspecified atom stereocenters. The minimum atomic E-state index is -4.25. The summed E-state index contributed by atoms with van der Waals surface area (Å²) in [5, 5.41) is 3.90. The number of rotatable bonds is 7. The van der Waals surface area contributed by atoms with Gasteiger partial charge in [0.2, 0.25) is 6.79 Å². The molecule has 0 saturated carbocycles. The summed E-state index contributed by atoms with van der Waals surface area (Å²) in [6, 6.07) is 14.1. The van der Waals surface area contributed by atoms with E-state index in [1.807, 2.05) is 0 Å². The monoisotopic (exact) mass is 513 g/mol. The first kappa shape index (κ1) is 23.4. The van der Waals surface area contributed by atoms with Crippen LogP contribution >= 0.6 is 0 Å². The summed E-state index contributed by atoms with van der Waals surface area (Å²) in [6.07, 6.45) is 1.39. The highest BCUT2D eigenvalue weighted by atomic mass is 32.2. The van der Waals surface area contributed by atoms with Crippen LogP contribution in [-0.4, -0.2) is 47.1 Å². The molecule has 1 N–H and O–H groups in total. The van der Waals surface area contributed by atoms with E-state index in [-0.39, 0.29) is 29.7 Å². The number of carbonyl (C=O) groups excluding carboxylic acids is 1. The maximum Gasteiger partial charge on any atom is 0.264 e. The number of nitrogens with zero attached hydrogens (tertiary/aromatic N) is 2. The normalized spacial score (nSPS) is 14.0. The van der Waals surface area contributed by atoms with Gasteiger partial charge >= 0.3 is 0 Å². The number of sulfonamides is 1. The van der Waals surface area contributed by atoms with E-state index in [1.54, 1.807) is 18.2 Å². The Morgan fingerprint density at radius 2 is 1.58 bits per heavy atom. The lowest BCUT2D eigenvalue weighted by atomic mass is 10.2. The highest BCUT2D eigenvalue weighted by Crippen LogP contribution is 2.34. The molecule has 0 aliphatic carbocycles. The van der Waals surface area contributed by atoms with E-state index < -0.39 is 28.3 Å². The van der Waals surface area contributed by atoms with Gasteiger partial charge in [-0.3, -0.25) is 9.10 Å². The van der Waals surface area contributed by atoms with E-state index in [0.29, 0.717) is 29.4 Å². The Labute approximate surface area is 205 Å². The molecule has 0 spiro atoms. The molecule has 1 amide bonds. The summed E-state index contributed by atoms with van der Waals surface area (Å²) in [5.41, 5.74) is 3.05. The first-order chi connectivity index (χ1) is 17.4. The smallest absolute Gasteiger partial charge is 0.264 e. The molecular formula is C24H20FN3O7S. The summed E-state index contributed by atoms with van der Waals surface area (Å²) in [5.74, 6) is 0.600. The second-order valence-corrected chi connectivity index (χ2v) is 9.56. The van der Waals surface area contributed by atoms with Crippen molar-refractivity contribution in [3.63, 3.8) is 0 Å². The second-order valence-electron chi connectivity index (χ2n) is 7.70. The van der Waals surface area contributed by atoms with Gasteiger partial charge in [-0.25, -0.2) is 18.2 Å². The molecule has 2 aliphatic heterocycles. The zero-order chi connectivity index (χ0) is 25.1. The summed E-state index contributed by atoms with van der Waals surface area (Å²) in [6.45, 7) is 0.153. The Kier molecular flexibility index (Phi) is 6.34. The van der Waals surface area contributed by atoms with Gasteiger partial charge in [-0.15, -0.1) is 0 Å². The molecule has 36 heavy (non-hydrogen) atoms. The van der Waals surface area contributed by atoms with Crippen LogP contribution in [0.5, 0.6) is 23.0 Å². The molecule has 0 saturated heterocycles. The number of benzene rings is 3. The minimum Gasteiger partial charge on any atom is -0.486 e. The highest BCUT2D eigenvalue weighted by molar-refractivity contribution is 7.92. The van der Waals surface area contributed by atoms with E-state index >= 15 is 0 Å². The molecule has 10 nitrogen and oxygen atoms in total. The van der Waals surface area contributed by atoms with Crippen LogP contribution in [0.15, 0.2) is 70.7 Å². The van der Waals surface area contributed by atoms with Gasteiger partial charge in [-0.05, 0) is 60.2 Å². The van der Waals surface area contributed by atoms with Gasteiger partial charge in [0.15, 0.2) is 23.0 Å². The quantitative estimate of drug-likeness (QED) is 0.382. The SMILES string of the molecule is O=C(CN(c1ccc(F)cc1)S(=O)(=O)c1ccc2c(c1)OCCO2)N/N=C\c1ccc2c(c1)OCO2. The average molecular weight is 514 g/mol. The van der Waals surface area contributed by atoms with E-state index in [9.17, 15) is 17.6 Å². The zero-order valence-corrected chi connectivity index (χ0v) is 19.5. The fourth-order valence-corrected chi connectivity index (χ4v) is 5.01. The number of halogens is 1. The molecule has 0 bridgehead atoms. The number of hydrogen-bond donors (Lipinski definition) is 1. The Hall–Kier alpha value is -4.32. The number of fused-ring (bicyclic) bond motifs is 2. The number of amides is 1. The summed E-state index contributed by atoms with van der Waals surface area (Å²) >= 11 is 0. The van der Waals surface area contributed by atoms with Crippen LogP contribution in [0, 0.1) is 5.82 Å². The van der Waals surface area contributed by atoms with Gasteiger partial charge in [0, 0.05) is 6.07 Å². The Balaban J connectivity index is 1.36. The van der Waals surface area contributed by atoms with Crippen LogP contribution in [0.3, 0.4) is 0 Å². The molecule has 2 heterocycles. The number of hydrogen-bond acceptors (Lipinski definition) is 8. The summed E-state index contributed by atoms with van der Waals surface area (Å²) < 4.78 is 62.9. The van der Waals surface area contributed by atoms with Crippen molar-refractivity contribution < 1.29 is 36.6 Å². The molecule has 12 heteroatoms. The van der Waals surface area contributed by atoms with Crippen LogP contribution in [0.4, 0.5) is 10.1 Å².